The number of rotatable bonds is 4. The molecular weight excluding hydrogens is 266 g/mol. The fraction of sp³-hybridized carbons (Fsp3) is 0.667. The van der Waals surface area contributed by atoms with E-state index in [1.165, 1.54) is 25.8 Å². The Kier molecular flexibility index (Phi) is 4.34. The van der Waals surface area contributed by atoms with Crippen LogP contribution in [0.5, 0.6) is 0 Å². The third kappa shape index (κ3) is 3.15. The monoisotopic (exact) mass is 289 g/mol. The maximum absolute atomic E-state index is 12.3. The zero-order chi connectivity index (χ0) is 14.7. The molecule has 3 heterocycles. The Morgan fingerprint density at radius 1 is 1.29 bits per heavy atom. The van der Waals surface area contributed by atoms with Gasteiger partial charge in [-0.1, -0.05) is 6.42 Å². The van der Waals surface area contributed by atoms with Crippen molar-refractivity contribution in [3.05, 3.63) is 18.1 Å². The molecule has 1 aromatic heterocycles. The van der Waals surface area contributed by atoms with Crippen molar-refractivity contribution in [3.63, 3.8) is 0 Å². The van der Waals surface area contributed by atoms with Crippen LogP contribution in [0, 0.1) is 0 Å². The number of hydrogen-bond acceptors (Lipinski definition) is 5. The van der Waals surface area contributed by atoms with Gasteiger partial charge >= 0.3 is 0 Å². The van der Waals surface area contributed by atoms with Crippen LogP contribution in [0.25, 0.3) is 0 Å². The van der Waals surface area contributed by atoms with Crippen molar-refractivity contribution < 1.29 is 4.79 Å². The minimum absolute atomic E-state index is 0.108. The molecule has 0 aromatic carbocycles. The summed E-state index contributed by atoms with van der Waals surface area (Å²) in [5.74, 6) is 0.594. The number of carbonyl (C=O) groups excluding carboxylic acids is 1. The lowest BCUT2D eigenvalue weighted by Crippen LogP contribution is -2.46. The molecular formula is C15H23N5O. The van der Waals surface area contributed by atoms with Gasteiger partial charge in [-0.3, -0.25) is 9.69 Å². The highest BCUT2D eigenvalue weighted by molar-refractivity contribution is 5.92. The summed E-state index contributed by atoms with van der Waals surface area (Å²) in [7, 11) is 0. The second kappa shape index (κ2) is 6.39. The van der Waals surface area contributed by atoms with Gasteiger partial charge < -0.3 is 10.6 Å². The zero-order valence-electron chi connectivity index (χ0n) is 12.5. The molecule has 21 heavy (non-hydrogen) atoms. The molecule has 2 unspecified atom stereocenters. The van der Waals surface area contributed by atoms with E-state index in [1.807, 2.05) is 6.92 Å². The molecule has 2 aliphatic heterocycles. The largest absolute Gasteiger partial charge is 0.369 e. The summed E-state index contributed by atoms with van der Waals surface area (Å²) >= 11 is 0. The molecule has 6 nitrogen and oxygen atoms in total. The predicted molar refractivity (Wildman–Crippen MR) is 81.3 cm³/mol. The molecule has 1 amide bonds. The highest BCUT2D eigenvalue weighted by Crippen LogP contribution is 2.27. The molecule has 0 aliphatic carbocycles. The lowest BCUT2D eigenvalue weighted by molar-refractivity contribution is 0.0910. The summed E-state index contributed by atoms with van der Waals surface area (Å²) in [5.41, 5.74) is 0.394. The molecule has 3 rings (SSSR count). The quantitative estimate of drug-likeness (QED) is 0.873. The Morgan fingerprint density at radius 2 is 2.19 bits per heavy atom. The normalized spacial score (nSPS) is 25.4. The fourth-order valence-electron chi connectivity index (χ4n) is 3.38. The van der Waals surface area contributed by atoms with Gasteiger partial charge in [-0.2, -0.15) is 0 Å². The lowest BCUT2D eigenvalue weighted by atomic mass is 9.99. The van der Waals surface area contributed by atoms with E-state index in [4.69, 9.17) is 0 Å². The molecule has 0 radical (unpaired) electrons. The van der Waals surface area contributed by atoms with Gasteiger partial charge in [-0.15, -0.1) is 0 Å². The van der Waals surface area contributed by atoms with E-state index < -0.39 is 0 Å². The van der Waals surface area contributed by atoms with E-state index in [-0.39, 0.29) is 11.9 Å². The van der Waals surface area contributed by atoms with Gasteiger partial charge in [-0.25, -0.2) is 9.97 Å². The molecule has 2 fully saturated rings. The predicted octanol–water partition coefficient (Wildman–Crippen LogP) is 1.26. The van der Waals surface area contributed by atoms with Crippen LogP contribution in [0.4, 0.5) is 5.82 Å². The summed E-state index contributed by atoms with van der Waals surface area (Å²) in [6, 6.07) is 0.768. The molecule has 0 saturated carbocycles. The minimum Gasteiger partial charge on any atom is -0.369 e. The van der Waals surface area contributed by atoms with Crippen LogP contribution >= 0.6 is 0 Å². The van der Waals surface area contributed by atoms with Gasteiger partial charge in [-0.05, 0) is 32.7 Å². The summed E-state index contributed by atoms with van der Waals surface area (Å²) in [6.45, 7) is 5.06. The van der Waals surface area contributed by atoms with Crippen molar-refractivity contribution in [1.82, 2.24) is 20.2 Å². The van der Waals surface area contributed by atoms with Crippen molar-refractivity contribution in [2.75, 3.05) is 25.0 Å². The third-order valence-electron chi connectivity index (χ3n) is 4.41. The first-order valence-electron chi connectivity index (χ1n) is 7.88. The molecule has 0 bridgehead atoms. The second-order valence-electron chi connectivity index (χ2n) is 5.78. The second-order valence-corrected chi connectivity index (χ2v) is 5.78. The lowest BCUT2D eigenvalue weighted by Gasteiger charge is -2.32. The molecule has 2 aliphatic rings. The Bertz CT molecular complexity index is 489. The van der Waals surface area contributed by atoms with E-state index in [9.17, 15) is 4.79 Å². The smallest absolute Gasteiger partial charge is 0.271 e. The number of nitrogens with one attached hydrogen (secondary N) is 2. The number of nitrogens with zero attached hydrogens (tertiary/aromatic N) is 3. The van der Waals surface area contributed by atoms with Crippen molar-refractivity contribution >= 4 is 11.7 Å². The Hall–Kier alpha value is -1.69. The Labute approximate surface area is 125 Å². The Balaban J connectivity index is 1.60. The van der Waals surface area contributed by atoms with Crippen LogP contribution in [-0.4, -0.2) is 52.5 Å². The third-order valence-corrected chi connectivity index (χ3v) is 4.41. The van der Waals surface area contributed by atoms with Crippen molar-refractivity contribution in [2.45, 2.75) is 44.7 Å². The van der Waals surface area contributed by atoms with E-state index in [1.54, 1.807) is 12.4 Å². The van der Waals surface area contributed by atoms with Gasteiger partial charge in [0.2, 0.25) is 0 Å². The molecule has 6 heteroatoms. The SMILES string of the molecule is CCNc1cnc(C(=O)NC2CCN3CCCCC23)cn1. The highest BCUT2D eigenvalue weighted by Gasteiger charge is 2.36. The average Bonchev–Trinajstić information content (AvgIpc) is 2.92. The van der Waals surface area contributed by atoms with Gasteiger partial charge in [0.05, 0.1) is 12.4 Å². The molecule has 1 aromatic rings. The zero-order valence-corrected chi connectivity index (χ0v) is 12.5. The van der Waals surface area contributed by atoms with E-state index in [2.05, 4.69) is 25.5 Å². The number of anilines is 1. The minimum atomic E-state index is -0.108. The summed E-state index contributed by atoms with van der Waals surface area (Å²) < 4.78 is 0. The summed E-state index contributed by atoms with van der Waals surface area (Å²) in [4.78, 5) is 23.2. The number of amides is 1. The molecule has 2 saturated heterocycles. The summed E-state index contributed by atoms with van der Waals surface area (Å²) in [6.07, 6.45) is 7.94. The van der Waals surface area contributed by atoms with Crippen molar-refractivity contribution in [2.24, 2.45) is 0 Å². The number of carbonyl (C=O) groups is 1. The van der Waals surface area contributed by atoms with Crippen LogP contribution in [-0.2, 0) is 0 Å². The van der Waals surface area contributed by atoms with E-state index in [0.29, 0.717) is 17.6 Å². The van der Waals surface area contributed by atoms with Crippen molar-refractivity contribution in [1.29, 1.82) is 0 Å². The highest BCUT2D eigenvalue weighted by atomic mass is 16.2. The van der Waals surface area contributed by atoms with Gasteiger partial charge in [0.15, 0.2) is 0 Å². The van der Waals surface area contributed by atoms with Gasteiger partial charge in [0.25, 0.3) is 5.91 Å². The average molecular weight is 289 g/mol. The number of piperidine rings is 1. The van der Waals surface area contributed by atoms with Crippen molar-refractivity contribution in [3.8, 4) is 0 Å². The van der Waals surface area contributed by atoms with Crippen LogP contribution in [0.3, 0.4) is 0 Å². The number of fused-ring (bicyclic) bond motifs is 1. The fourth-order valence-corrected chi connectivity index (χ4v) is 3.38. The van der Waals surface area contributed by atoms with Gasteiger partial charge in [0, 0.05) is 25.2 Å². The molecule has 114 valence electrons. The molecule has 0 spiro atoms. The maximum atomic E-state index is 12.3. The van der Waals surface area contributed by atoms with E-state index >= 15 is 0 Å². The molecule has 2 atom stereocenters. The topological polar surface area (TPSA) is 70.2 Å². The first kappa shape index (κ1) is 14.3. The van der Waals surface area contributed by atoms with Crippen LogP contribution < -0.4 is 10.6 Å². The van der Waals surface area contributed by atoms with Crippen LogP contribution in [0.15, 0.2) is 12.4 Å². The first-order chi connectivity index (χ1) is 10.3. The standard InChI is InChI=1S/C15H23N5O/c1-2-16-14-10-17-12(9-18-14)15(21)19-11-6-8-20-7-4-3-5-13(11)20/h9-11,13H,2-8H2,1H3,(H,16,18)(H,19,21). The molecule has 2 N–H and O–H groups in total. The number of aromatic nitrogens is 2. The maximum Gasteiger partial charge on any atom is 0.271 e. The Morgan fingerprint density at radius 3 is 2.95 bits per heavy atom. The van der Waals surface area contributed by atoms with E-state index in [0.717, 1.165) is 19.5 Å². The number of hydrogen-bond donors (Lipinski definition) is 2. The van der Waals surface area contributed by atoms with Crippen LogP contribution in [0.1, 0.15) is 43.1 Å². The summed E-state index contributed by atoms with van der Waals surface area (Å²) in [5, 5.41) is 6.21. The van der Waals surface area contributed by atoms with Crippen LogP contribution in [0.2, 0.25) is 0 Å². The van der Waals surface area contributed by atoms with Gasteiger partial charge in [0.1, 0.15) is 11.5 Å². The first-order valence-corrected chi connectivity index (χ1v) is 7.88.